The van der Waals surface area contributed by atoms with Crippen molar-refractivity contribution in [2.45, 2.75) is 26.4 Å². The summed E-state index contributed by atoms with van der Waals surface area (Å²) in [7, 11) is 0. The lowest BCUT2D eigenvalue weighted by molar-refractivity contribution is 0.130. The lowest BCUT2D eigenvalue weighted by atomic mass is 10.2. The summed E-state index contributed by atoms with van der Waals surface area (Å²) in [5.41, 5.74) is 1.22. The summed E-state index contributed by atoms with van der Waals surface area (Å²) in [6, 6.07) is 5.69. The van der Waals surface area contributed by atoms with E-state index in [1.54, 1.807) is 12.4 Å². The van der Waals surface area contributed by atoms with Crippen LogP contribution < -0.4 is 4.74 Å². The highest BCUT2D eigenvalue weighted by molar-refractivity contribution is 5.61. The van der Waals surface area contributed by atoms with Crippen LogP contribution in [0, 0.1) is 0 Å². The molecule has 0 radical (unpaired) electrons. The lowest BCUT2D eigenvalue weighted by Gasteiger charge is -2.22. The quantitative estimate of drug-likeness (QED) is 0.794. The van der Waals surface area contributed by atoms with E-state index in [9.17, 15) is 0 Å². The van der Waals surface area contributed by atoms with Gasteiger partial charge < -0.3 is 4.74 Å². The van der Waals surface area contributed by atoms with Crippen LogP contribution in [0.3, 0.4) is 0 Å². The van der Waals surface area contributed by atoms with Crippen LogP contribution in [0.4, 0.5) is 0 Å². The zero-order valence-corrected chi connectivity index (χ0v) is 10.2. The maximum atomic E-state index is 5.82. The van der Waals surface area contributed by atoms with Gasteiger partial charge in [0.05, 0.1) is 11.9 Å². The Morgan fingerprint density at radius 3 is 2.59 bits per heavy atom. The predicted molar refractivity (Wildman–Crippen MR) is 65.6 cm³/mol. The van der Waals surface area contributed by atoms with Gasteiger partial charge in [-0.25, -0.2) is 9.97 Å². The van der Waals surface area contributed by atoms with E-state index in [1.807, 2.05) is 39.0 Å². The zero-order valence-electron chi connectivity index (χ0n) is 10.2. The highest BCUT2D eigenvalue weighted by Gasteiger charge is 2.16. The van der Waals surface area contributed by atoms with Gasteiger partial charge >= 0.3 is 0 Å². The first kappa shape index (κ1) is 11.5. The minimum Gasteiger partial charge on any atom is -0.484 e. The molecule has 17 heavy (non-hydrogen) atoms. The summed E-state index contributed by atoms with van der Waals surface area (Å²) in [5.74, 6) is 0.652. The average molecular weight is 229 g/mol. The second-order valence-corrected chi connectivity index (χ2v) is 4.67. The number of rotatable bonds is 2. The average Bonchev–Trinajstić information content (AvgIpc) is 2.29. The molecule has 4 nitrogen and oxygen atoms in total. The minimum atomic E-state index is -0.283. The monoisotopic (exact) mass is 229 g/mol. The van der Waals surface area contributed by atoms with E-state index in [1.165, 1.54) is 6.33 Å². The molecule has 2 aromatic heterocycles. The third-order valence-electron chi connectivity index (χ3n) is 2.00. The summed E-state index contributed by atoms with van der Waals surface area (Å²) < 4.78 is 5.82. The highest BCUT2D eigenvalue weighted by Crippen LogP contribution is 2.27. The SMILES string of the molecule is CC(C)(C)Oc1cncnc1-c1ccccn1. The zero-order chi connectivity index (χ0) is 12.3. The van der Waals surface area contributed by atoms with E-state index >= 15 is 0 Å². The van der Waals surface area contributed by atoms with E-state index in [0.717, 1.165) is 11.4 Å². The van der Waals surface area contributed by atoms with Crippen molar-refractivity contribution in [1.29, 1.82) is 0 Å². The Morgan fingerprint density at radius 2 is 1.94 bits per heavy atom. The van der Waals surface area contributed by atoms with Crippen LogP contribution in [0.2, 0.25) is 0 Å². The van der Waals surface area contributed by atoms with Crippen LogP contribution in [0.1, 0.15) is 20.8 Å². The smallest absolute Gasteiger partial charge is 0.166 e. The molecule has 2 aromatic rings. The van der Waals surface area contributed by atoms with E-state index in [4.69, 9.17) is 4.74 Å². The minimum absolute atomic E-state index is 0.283. The molecule has 0 bridgehead atoms. The van der Waals surface area contributed by atoms with Crippen molar-refractivity contribution in [3.05, 3.63) is 36.9 Å². The largest absolute Gasteiger partial charge is 0.484 e. The molecule has 4 heteroatoms. The summed E-state index contributed by atoms with van der Waals surface area (Å²) in [6.07, 6.45) is 4.90. The molecule has 0 aromatic carbocycles. The Labute approximate surface area is 101 Å². The van der Waals surface area contributed by atoms with Gasteiger partial charge in [-0.1, -0.05) is 6.07 Å². The fourth-order valence-corrected chi connectivity index (χ4v) is 1.42. The normalized spacial score (nSPS) is 11.2. The van der Waals surface area contributed by atoms with Gasteiger partial charge in [-0.2, -0.15) is 0 Å². The van der Waals surface area contributed by atoms with Crippen molar-refractivity contribution in [2.75, 3.05) is 0 Å². The van der Waals surface area contributed by atoms with Crippen molar-refractivity contribution in [3.63, 3.8) is 0 Å². The molecule has 0 saturated carbocycles. The van der Waals surface area contributed by atoms with E-state index < -0.39 is 0 Å². The second kappa shape index (κ2) is 4.49. The maximum absolute atomic E-state index is 5.82. The third kappa shape index (κ3) is 3.00. The summed E-state index contributed by atoms with van der Waals surface area (Å²) >= 11 is 0. The Kier molecular flexibility index (Phi) is 3.04. The maximum Gasteiger partial charge on any atom is 0.166 e. The van der Waals surface area contributed by atoms with Gasteiger partial charge in [0.1, 0.15) is 17.6 Å². The highest BCUT2D eigenvalue weighted by atomic mass is 16.5. The van der Waals surface area contributed by atoms with Crippen molar-refractivity contribution in [2.24, 2.45) is 0 Å². The summed E-state index contributed by atoms with van der Waals surface area (Å²) in [4.78, 5) is 12.5. The third-order valence-corrected chi connectivity index (χ3v) is 2.00. The van der Waals surface area contributed by atoms with E-state index in [0.29, 0.717) is 5.75 Å². The first-order valence-corrected chi connectivity index (χ1v) is 5.47. The van der Waals surface area contributed by atoms with Crippen molar-refractivity contribution in [3.8, 4) is 17.1 Å². The number of aromatic nitrogens is 3. The van der Waals surface area contributed by atoms with Crippen molar-refractivity contribution in [1.82, 2.24) is 15.0 Å². The molecule has 88 valence electrons. The fourth-order valence-electron chi connectivity index (χ4n) is 1.42. The second-order valence-electron chi connectivity index (χ2n) is 4.67. The molecule has 0 saturated heterocycles. The van der Waals surface area contributed by atoms with E-state index in [-0.39, 0.29) is 5.60 Å². The molecule has 0 aliphatic rings. The first-order chi connectivity index (χ1) is 8.06. The van der Waals surface area contributed by atoms with E-state index in [2.05, 4.69) is 15.0 Å². The standard InChI is InChI=1S/C13H15N3O/c1-13(2,3)17-11-8-14-9-16-12(11)10-6-4-5-7-15-10/h4-9H,1-3H3. The Morgan fingerprint density at radius 1 is 1.12 bits per heavy atom. The Hall–Kier alpha value is -1.97. The first-order valence-electron chi connectivity index (χ1n) is 5.47. The molecular formula is C13H15N3O. The number of ether oxygens (including phenoxy) is 1. The Bertz CT molecular complexity index is 492. The molecule has 0 spiro atoms. The Balaban J connectivity index is 2.41. The van der Waals surface area contributed by atoms with Gasteiger partial charge in [0.2, 0.25) is 0 Å². The summed E-state index contributed by atoms with van der Waals surface area (Å²) in [5, 5.41) is 0. The van der Waals surface area contributed by atoms with Crippen LogP contribution in [0.5, 0.6) is 5.75 Å². The molecule has 0 aliphatic carbocycles. The van der Waals surface area contributed by atoms with Gasteiger partial charge in [0.25, 0.3) is 0 Å². The number of nitrogens with zero attached hydrogens (tertiary/aromatic N) is 3. The van der Waals surface area contributed by atoms with Crippen molar-refractivity contribution >= 4 is 0 Å². The molecule has 2 rings (SSSR count). The summed E-state index contributed by atoms with van der Waals surface area (Å²) in [6.45, 7) is 5.96. The topological polar surface area (TPSA) is 47.9 Å². The molecule has 0 fully saturated rings. The molecule has 0 unspecified atom stereocenters. The molecule has 0 N–H and O–H groups in total. The number of pyridine rings is 1. The fraction of sp³-hybridized carbons (Fsp3) is 0.308. The van der Waals surface area contributed by atoms with Crippen LogP contribution >= 0.6 is 0 Å². The number of hydrogen-bond donors (Lipinski definition) is 0. The molecule has 0 amide bonds. The predicted octanol–water partition coefficient (Wildman–Crippen LogP) is 2.72. The van der Waals surface area contributed by atoms with Crippen LogP contribution in [0.15, 0.2) is 36.9 Å². The van der Waals surface area contributed by atoms with Crippen LogP contribution in [-0.2, 0) is 0 Å². The van der Waals surface area contributed by atoms with Gasteiger partial charge in [-0.05, 0) is 32.9 Å². The molecular weight excluding hydrogens is 214 g/mol. The van der Waals surface area contributed by atoms with Gasteiger partial charge in [0.15, 0.2) is 5.75 Å². The van der Waals surface area contributed by atoms with Crippen molar-refractivity contribution < 1.29 is 4.74 Å². The van der Waals surface area contributed by atoms with Crippen LogP contribution in [0.25, 0.3) is 11.4 Å². The van der Waals surface area contributed by atoms with Gasteiger partial charge in [-0.15, -0.1) is 0 Å². The number of hydrogen-bond acceptors (Lipinski definition) is 4. The molecule has 0 aliphatic heterocycles. The molecule has 0 atom stereocenters. The van der Waals surface area contributed by atoms with Gasteiger partial charge in [0, 0.05) is 6.20 Å². The lowest BCUT2D eigenvalue weighted by Crippen LogP contribution is -2.23. The molecule has 2 heterocycles. The van der Waals surface area contributed by atoms with Gasteiger partial charge in [-0.3, -0.25) is 4.98 Å². The van der Waals surface area contributed by atoms with Crippen LogP contribution in [-0.4, -0.2) is 20.6 Å².